The fourth-order valence-electron chi connectivity index (χ4n) is 1.31. The van der Waals surface area contributed by atoms with Crippen LogP contribution in [0.2, 0.25) is 0 Å². The number of sulfonamides is 1. The lowest BCUT2D eigenvalue weighted by Crippen LogP contribution is -2.27. The molecule has 0 spiro atoms. The van der Waals surface area contributed by atoms with Gasteiger partial charge in [0, 0.05) is 18.0 Å². The molecule has 0 fully saturated rings. The highest BCUT2D eigenvalue weighted by Crippen LogP contribution is 2.21. The zero-order chi connectivity index (χ0) is 13.6. The normalized spacial score (nSPS) is 13.7. The number of hydrogen-bond donors (Lipinski definition) is 2. The largest absolute Gasteiger partial charge is 0.312 e. The molecule has 1 atom stereocenters. The predicted octanol–water partition coefficient (Wildman–Crippen LogP) is 2.18. The topological polar surface area (TPSA) is 58.2 Å². The van der Waals surface area contributed by atoms with Crippen molar-refractivity contribution in [2.24, 2.45) is 5.92 Å². The minimum Gasteiger partial charge on any atom is -0.312 e. The highest BCUT2D eigenvalue weighted by Gasteiger charge is 2.17. The van der Waals surface area contributed by atoms with Crippen molar-refractivity contribution in [2.75, 3.05) is 13.1 Å². The van der Waals surface area contributed by atoms with E-state index in [1.165, 1.54) is 11.3 Å². The maximum absolute atomic E-state index is 12.0. The second kappa shape index (κ2) is 7.23. The predicted molar refractivity (Wildman–Crippen MR) is 76.3 cm³/mol. The summed E-state index contributed by atoms with van der Waals surface area (Å²) in [7, 11) is -3.33. The molecule has 0 aromatic carbocycles. The van der Waals surface area contributed by atoms with E-state index in [0.717, 1.165) is 24.4 Å². The number of nitrogens with one attached hydrogen (secondary N) is 2. The Hall–Kier alpha value is -0.430. The lowest BCUT2D eigenvalue weighted by Gasteiger charge is -2.09. The van der Waals surface area contributed by atoms with E-state index < -0.39 is 10.0 Å². The summed E-state index contributed by atoms with van der Waals surface area (Å²) in [5, 5.41) is 3.18. The molecule has 1 unspecified atom stereocenters. The van der Waals surface area contributed by atoms with Crippen LogP contribution in [0.4, 0.5) is 0 Å². The first kappa shape index (κ1) is 15.6. The van der Waals surface area contributed by atoms with Gasteiger partial charge in [-0.1, -0.05) is 27.2 Å². The maximum atomic E-state index is 12.0. The first-order chi connectivity index (χ1) is 8.49. The lowest BCUT2D eigenvalue weighted by molar-refractivity contribution is 0.529. The summed E-state index contributed by atoms with van der Waals surface area (Å²) in [6.45, 7) is 8.22. The van der Waals surface area contributed by atoms with E-state index >= 15 is 0 Å². The van der Waals surface area contributed by atoms with Crippen LogP contribution in [0.25, 0.3) is 0 Å². The van der Waals surface area contributed by atoms with E-state index in [1.807, 2.05) is 19.9 Å². The molecule has 104 valence electrons. The molecule has 0 saturated heterocycles. The third-order valence-corrected chi connectivity index (χ3v) is 5.77. The third kappa shape index (κ3) is 4.68. The molecule has 0 aliphatic heterocycles. The van der Waals surface area contributed by atoms with Gasteiger partial charge in [-0.3, -0.25) is 0 Å². The summed E-state index contributed by atoms with van der Waals surface area (Å²) >= 11 is 1.33. The fourth-order valence-corrected chi connectivity index (χ4v) is 3.85. The third-order valence-electron chi connectivity index (χ3n) is 2.77. The summed E-state index contributed by atoms with van der Waals surface area (Å²) in [5.74, 6) is 0.362. The Morgan fingerprint density at radius 1 is 1.33 bits per heavy atom. The van der Waals surface area contributed by atoms with E-state index in [2.05, 4.69) is 17.0 Å². The van der Waals surface area contributed by atoms with Crippen LogP contribution in [0.3, 0.4) is 0 Å². The number of rotatable bonds is 8. The van der Waals surface area contributed by atoms with Crippen molar-refractivity contribution in [2.45, 2.75) is 37.9 Å². The van der Waals surface area contributed by atoms with Gasteiger partial charge in [0.2, 0.25) is 10.0 Å². The van der Waals surface area contributed by atoms with Crippen molar-refractivity contribution in [3.63, 3.8) is 0 Å². The average Bonchev–Trinajstić information content (AvgIpc) is 2.83. The Labute approximate surface area is 114 Å². The molecule has 0 aliphatic carbocycles. The first-order valence-corrected chi connectivity index (χ1v) is 8.58. The van der Waals surface area contributed by atoms with Crippen molar-refractivity contribution in [1.82, 2.24) is 10.0 Å². The van der Waals surface area contributed by atoms with E-state index in [4.69, 9.17) is 0 Å². The Bertz CT molecular complexity index is 454. The Balaban J connectivity index is 2.64. The summed E-state index contributed by atoms with van der Waals surface area (Å²) in [6.07, 6.45) is 0.971. The van der Waals surface area contributed by atoms with Crippen molar-refractivity contribution in [3.8, 4) is 0 Å². The molecule has 6 heteroatoms. The number of hydrogen-bond acceptors (Lipinski definition) is 4. The highest BCUT2D eigenvalue weighted by atomic mass is 32.2. The monoisotopic (exact) mass is 290 g/mol. The zero-order valence-electron chi connectivity index (χ0n) is 11.2. The summed E-state index contributed by atoms with van der Waals surface area (Å²) in [4.78, 5) is 1.04. The van der Waals surface area contributed by atoms with Gasteiger partial charge in [-0.2, -0.15) is 0 Å². The second-order valence-corrected chi connectivity index (χ2v) is 7.53. The van der Waals surface area contributed by atoms with E-state index in [1.54, 1.807) is 6.07 Å². The molecule has 0 saturated carbocycles. The van der Waals surface area contributed by atoms with Crippen LogP contribution in [0.5, 0.6) is 0 Å². The molecule has 1 aromatic heterocycles. The molecule has 18 heavy (non-hydrogen) atoms. The Morgan fingerprint density at radius 3 is 2.67 bits per heavy atom. The molecule has 0 bridgehead atoms. The molecule has 0 aliphatic rings. The van der Waals surface area contributed by atoms with Gasteiger partial charge >= 0.3 is 0 Å². The van der Waals surface area contributed by atoms with E-state index in [-0.39, 0.29) is 0 Å². The summed E-state index contributed by atoms with van der Waals surface area (Å²) in [5.41, 5.74) is 0. The first-order valence-electron chi connectivity index (χ1n) is 6.28. The van der Waals surface area contributed by atoms with Gasteiger partial charge in [-0.25, -0.2) is 13.1 Å². The molecular weight excluding hydrogens is 268 g/mol. The van der Waals surface area contributed by atoms with E-state index in [9.17, 15) is 8.42 Å². The smallest absolute Gasteiger partial charge is 0.250 e. The molecule has 4 nitrogen and oxygen atoms in total. The van der Waals surface area contributed by atoms with Gasteiger partial charge in [0.05, 0.1) is 0 Å². The van der Waals surface area contributed by atoms with Crippen LogP contribution in [-0.4, -0.2) is 21.5 Å². The Kier molecular flexibility index (Phi) is 6.28. The lowest BCUT2D eigenvalue weighted by atomic mass is 10.1. The summed E-state index contributed by atoms with van der Waals surface area (Å²) < 4.78 is 27.1. The van der Waals surface area contributed by atoms with Crippen molar-refractivity contribution in [1.29, 1.82) is 0 Å². The SMILES string of the molecule is CCNCc1ccc(S(=O)(=O)NCC(C)CC)s1. The molecule has 0 amide bonds. The van der Waals surface area contributed by atoms with E-state index in [0.29, 0.717) is 16.7 Å². The van der Waals surface area contributed by atoms with Crippen molar-refractivity contribution >= 4 is 21.4 Å². The van der Waals surface area contributed by atoms with Crippen molar-refractivity contribution in [3.05, 3.63) is 17.0 Å². The number of thiophene rings is 1. The molecule has 1 aromatic rings. The van der Waals surface area contributed by atoms with Gasteiger partial charge in [-0.05, 0) is 24.6 Å². The molecule has 1 heterocycles. The highest BCUT2D eigenvalue weighted by molar-refractivity contribution is 7.91. The van der Waals surface area contributed by atoms with Crippen LogP contribution in [0.1, 0.15) is 32.1 Å². The summed E-state index contributed by atoms with van der Waals surface area (Å²) in [6, 6.07) is 3.54. The second-order valence-electron chi connectivity index (χ2n) is 4.37. The maximum Gasteiger partial charge on any atom is 0.250 e. The van der Waals surface area contributed by atoms with Crippen LogP contribution < -0.4 is 10.0 Å². The van der Waals surface area contributed by atoms with Gasteiger partial charge in [0.15, 0.2) is 0 Å². The minimum atomic E-state index is -3.33. The van der Waals surface area contributed by atoms with Crippen LogP contribution >= 0.6 is 11.3 Å². The fraction of sp³-hybridized carbons (Fsp3) is 0.667. The molecule has 0 radical (unpaired) electrons. The molecular formula is C12H22N2O2S2. The van der Waals surface area contributed by atoms with Gasteiger partial charge in [0.25, 0.3) is 0 Å². The minimum absolute atomic E-state index is 0.362. The molecule has 2 N–H and O–H groups in total. The molecule has 1 rings (SSSR count). The van der Waals surface area contributed by atoms with Crippen LogP contribution in [0, 0.1) is 5.92 Å². The van der Waals surface area contributed by atoms with Gasteiger partial charge in [0.1, 0.15) is 4.21 Å². The van der Waals surface area contributed by atoms with Crippen LogP contribution in [-0.2, 0) is 16.6 Å². The average molecular weight is 290 g/mol. The standard InChI is InChI=1S/C12H22N2O2S2/c1-4-10(3)8-14-18(15,16)12-7-6-11(17-12)9-13-5-2/h6-7,10,13-14H,4-5,8-9H2,1-3H3. The Morgan fingerprint density at radius 2 is 2.06 bits per heavy atom. The van der Waals surface area contributed by atoms with Gasteiger partial charge in [-0.15, -0.1) is 11.3 Å². The zero-order valence-corrected chi connectivity index (χ0v) is 12.8. The quantitative estimate of drug-likeness (QED) is 0.771. The van der Waals surface area contributed by atoms with Crippen molar-refractivity contribution < 1.29 is 8.42 Å². The van der Waals surface area contributed by atoms with Gasteiger partial charge < -0.3 is 5.32 Å². The van der Waals surface area contributed by atoms with Crippen LogP contribution in [0.15, 0.2) is 16.3 Å².